The van der Waals surface area contributed by atoms with Crippen molar-refractivity contribution < 1.29 is 13.2 Å². The quantitative estimate of drug-likeness (QED) is 0.549. The molecule has 3 aromatic rings. The van der Waals surface area contributed by atoms with Crippen LogP contribution >= 0.6 is 0 Å². The van der Waals surface area contributed by atoms with Crippen molar-refractivity contribution in [2.75, 3.05) is 18.4 Å². The fourth-order valence-corrected chi connectivity index (χ4v) is 6.13. The number of sulfonamides is 1. The van der Waals surface area contributed by atoms with E-state index in [-0.39, 0.29) is 28.7 Å². The lowest BCUT2D eigenvalue weighted by Crippen LogP contribution is -2.53. The van der Waals surface area contributed by atoms with Crippen molar-refractivity contribution in [2.45, 2.75) is 31.7 Å². The Labute approximate surface area is 189 Å². The number of nitrogens with one attached hydrogen (secondary N) is 3. The lowest BCUT2D eigenvalue weighted by atomic mass is 9.88. The van der Waals surface area contributed by atoms with Gasteiger partial charge >= 0.3 is 0 Å². The summed E-state index contributed by atoms with van der Waals surface area (Å²) in [7, 11) is -3.75. The number of fused-ring (bicyclic) bond motifs is 1. The first-order valence-corrected chi connectivity index (χ1v) is 12.4. The van der Waals surface area contributed by atoms with E-state index in [1.54, 1.807) is 24.3 Å². The Bertz CT molecular complexity index is 1250. The molecule has 3 aromatic carbocycles. The first kappa shape index (κ1) is 22.5. The maximum atomic E-state index is 13.4. The van der Waals surface area contributed by atoms with Crippen molar-refractivity contribution in [3.63, 3.8) is 0 Å². The van der Waals surface area contributed by atoms with Crippen LogP contribution in [0.25, 0.3) is 10.8 Å². The van der Waals surface area contributed by atoms with Gasteiger partial charge in [-0.15, -0.1) is 0 Å². The third-order valence-electron chi connectivity index (χ3n) is 6.26. The Morgan fingerprint density at radius 3 is 2.22 bits per heavy atom. The molecule has 0 spiro atoms. The summed E-state index contributed by atoms with van der Waals surface area (Å²) in [6.07, 6.45) is 0. The number of anilines is 1. The average molecular weight is 452 g/mol. The van der Waals surface area contributed by atoms with E-state index in [0.717, 1.165) is 18.7 Å². The average Bonchev–Trinajstić information content (AvgIpc) is 2.77. The van der Waals surface area contributed by atoms with Crippen LogP contribution in [0, 0.1) is 18.8 Å². The summed E-state index contributed by atoms with van der Waals surface area (Å²) in [6, 6.07) is 17.7. The van der Waals surface area contributed by atoms with E-state index in [1.807, 2.05) is 43.3 Å². The number of hydrogen-bond acceptors (Lipinski definition) is 4. The zero-order valence-electron chi connectivity index (χ0n) is 18.6. The molecule has 0 radical (unpaired) electrons. The summed E-state index contributed by atoms with van der Waals surface area (Å²) in [5, 5.41) is 7.56. The minimum absolute atomic E-state index is 0.138. The van der Waals surface area contributed by atoms with Gasteiger partial charge in [0.2, 0.25) is 10.0 Å². The van der Waals surface area contributed by atoms with Gasteiger partial charge in [-0.1, -0.05) is 56.3 Å². The molecule has 0 aliphatic carbocycles. The molecule has 0 bridgehead atoms. The van der Waals surface area contributed by atoms with Crippen LogP contribution in [0.1, 0.15) is 29.8 Å². The molecule has 1 heterocycles. The number of aryl methyl sites for hydroxylation is 1. The van der Waals surface area contributed by atoms with Crippen LogP contribution in [0.15, 0.2) is 65.6 Å². The lowest BCUT2D eigenvalue weighted by Gasteiger charge is -2.35. The second-order valence-corrected chi connectivity index (χ2v) is 10.4. The maximum Gasteiger partial charge on any atom is 0.255 e. The predicted octanol–water partition coefficient (Wildman–Crippen LogP) is 3.92. The van der Waals surface area contributed by atoms with Gasteiger partial charge in [-0.05, 0) is 55.6 Å². The Kier molecular flexibility index (Phi) is 6.33. The molecule has 0 saturated carbocycles. The second-order valence-electron chi connectivity index (χ2n) is 8.69. The summed E-state index contributed by atoms with van der Waals surface area (Å²) < 4.78 is 29.7. The second kappa shape index (κ2) is 9.02. The molecular weight excluding hydrogens is 422 g/mol. The van der Waals surface area contributed by atoms with E-state index in [1.165, 1.54) is 0 Å². The van der Waals surface area contributed by atoms with Gasteiger partial charge in [0.1, 0.15) is 0 Å². The van der Waals surface area contributed by atoms with E-state index < -0.39 is 10.0 Å². The zero-order chi connectivity index (χ0) is 22.9. The van der Waals surface area contributed by atoms with Gasteiger partial charge in [0.15, 0.2) is 0 Å². The molecule has 1 saturated heterocycles. The van der Waals surface area contributed by atoms with E-state index >= 15 is 0 Å². The minimum Gasteiger partial charge on any atom is -0.321 e. The van der Waals surface area contributed by atoms with E-state index in [4.69, 9.17) is 0 Å². The number of carbonyl (C=O) groups is 1. The first-order valence-electron chi connectivity index (χ1n) is 10.9. The molecule has 3 N–H and O–H groups in total. The van der Waals surface area contributed by atoms with Crippen molar-refractivity contribution >= 4 is 32.4 Å². The Morgan fingerprint density at radius 2 is 1.53 bits per heavy atom. The van der Waals surface area contributed by atoms with Crippen molar-refractivity contribution in [3.8, 4) is 0 Å². The number of amides is 1. The monoisotopic (exact) mass is 451 g/mol. The standard InChI is InChI=1S/C25H29N3O3S/c1-16-8-4-5-9-19(16)25(29)27-22-12-13-23(21-11-7-6-10-20(21)22)32(30,31)28-24-17(2)14-26-15-18(24)3/h4-13,17-18,24,26,28H,14-15H2,1-3H3,(H,27,29)/t17-,18-/m0/s1. The Balaban J connectivity index is 1.69. The largest absolute Gasteiger partial charge is 0.321 e. The van der Waals surface area contributed by atoms with Crippen LogP contribution in [0.5, 0.6) is 0 Å². The molecule has 7 heteroatoms. The highest BCUT2D eigenvalue weighted by atomic mass is 32.2. The van der Waals surface area contributed by atoms with Crippen LogP contribution in [-0.2, 0) is 10.0 Å². The van der Waals surface area contributed by atoms with Crippen LogP contribution in [0.4, 0.5) is 5.69 Å². The molecule has 1 aliphatic rings. The number of piperidine rings is 1. The zero-order valence-corrected chi connectivity index (χ0v) is 19.4. The number of benzene rings is 3. The molecule has 6 nitrogen and oxygen atoms in total. The summed E-state index contributed by atoms with van der Waals surface area (Å²) >= 11 is 0. The Hall–Kier alpha value is -2.74. The molecule has 4 rings (SSSR count). The molecule has 1 amide bonds. The van der Waals surface area contributed by atoms with Gasteiger partial charge in [0.25, 0.3) is 5.91 Å². The summed E-state index contributed by atoms with van der Waals surface area (Å²) in [5.74, 6) is 0.152. The molecule has 1 aliphatic heterocycles. The summed E-state index contributed by atoms with van der Waals surface area (Å²) in [5.41, 5.74) is 2.04. The van der Waals surface area contributed by atoms with Gasteiger partial charge < -0.3 is 10.6 Å². The van der Waals surface area contributed by atoms with Gasteiger partial charge in [0.05, 0.1) is 4.90 Å². The van der Waals surface area contributed by atoms with Crippen LogP contribution in [0.2, 0.25) is 0 Å². The number of hydrogen-bond donors (Lipinski definition) is 3. The fourth-order valence-electron chi connectivity index (χ4n) is 4.46. The van der Waals surface area contributed by atoms with Crippen molar-refractivity contribution in [2.24, 2.45) is 11.8 Å². The van der Waals surface area contributed by atoms with Gasteiger partial charge in [-0.2, -0.15) is 0 Å². The number of rotatable bonds is 5. The molecule has 32 heavy (non-hydrogen) atoms. The smallest absolute Gasteiger partial charge is 0.255 e. The van der Waals surface area contributed by atoms with Crippen molar-refractivity contribution in [3.05, 3.63) is 71.8 Å². The topological polar surface area (TPSA) is 87.3 Å². The lowest BCUT2D eigenvalue weighted by molar-refractivity contribution is 0.102. The van der Waals surface area contributed by atoms with E-state index in [2.05, 4.69) is 29.2 Å². The number of carbonyl (C=O) groups excluding carboxylic acids is 1. The molecule has 0 aromatic heterocycles. The molecular formula is C25H29N3O3S. The van der Waals surface area contributed by atoms with Crippen molar-refractivity contribution in [1.82, 2.24) is 10.0 Å². The molecule has 1 fully saturated rings. The SMILES string of the molecule is Cc1ccccc1C(=O)Nc1ccc(S(=O)(=O)NC2[C@@H](C)CNC[C@@H]2C)c2ccccc12. The third-order valence-corrected chi connectivity index (χ3v) is 7.78. The molecule has 168 valence electrons. The summed E-state index contributed by atoms with van der Waals surface area (Å²) in [4.78, 5) is 13.1. The first-order chi connectivity index (χ1) is 15.3. The highest BCUT2D eigenvalue weighted by Gasteiger charge is 2.32. The predicted molar refractivity (Wildman–Crippen MR) is 128 cm³/mol. The fraction of sp³-hybridized carbons (Fsp3) is 0.320. The van der Waals surface area contributed by atoms with Crippen LogP contribution in [-0.4, -0.2) is 33.5 Å². The highest BCUT2D eigenvalue weighted by molar-refractivity contribution is 7.89. The van der Waals surface area contributed by atoms with E-state index in [0.29, 0.717) is 22.0 Å². The minimum atomic E-state index is -3.75. The van der Waals surface area contributed by atoms with Gasteiger partial charge in [0, 0.05) is 28.1 Å². The van der Waals surface area contributed by atoms with E-state index in [9.17, 15) is 13.2 Å². The summed E-state index contributed by atoms with van der Waals surface area (Å²) in [6.45, 7) is 7.55. The maximum absolute atomic E-state index is 13.4. The van der Waals surface area contributed by atoms with Crippen molar-refractivity contribution in [1.29, 1.82) is 0 Å². The third kappa shape index (κ3) is 4.41. The van der Waals surface area contributed by atoms with Gasteiger partial charge in [-0.3, -0.25) is 4.79 Å². The molecule has 2 atom stereocenters. The normalized spacial score (nSPS) is 19.7. The Morgan fingerprint density at radius 1 is 0.906 bits per heavy atom. The van der Waals surface area contributed by atoms with Crippen LogP contribution in [0.3, 0.4) is 0 Å². The highest BCUT2D eigenvalue weighted by Crippen LogP contribution is 2.31. The van der Waals surface area contributed by atoms with Crippen LogP contribution < -0.4 is 15.4 Å². The molecule has 0 unspecified atom stereocenters. The van der Waals surface area contributed by atoms with Gasteiger partial charge in [-0.25, -0.2) is 13.1 Å².